The smallest absolute Gasteiger partial charge is 0.200 e. The topological polar surface area (TPSA) is 82.4 Å². The lowest BCUT2D eigenvalue weighted by Gasteiger charge is -2.16. The van der Waals surface area contributed by atoms with E-state index in [2.05, 4.69) is 5.32 Å². The molecule has 1 aliphatic carbocycles. The minimum Gasteiger partial charge on any atom is -0.494 e. The van der Waals surface area contributed by atoms with E-state index >= 15 is 0 Å². The summed E-state index contributed by atoms with van der Waals surface area (Å²) in [5.41, 5.74) is 2.84. The third kappa shape index (κ3) is 4.44. The highest BCUT2D eigenvalue weighted by atomic mass is 32.2. The molecule has 0 bridgehead atoms. The molecular weight excluding hydrogens is 336 g/mol. The highest BCUT2D eigenvalue weighted by Gasteiger charge is 2.34. The molecule has 1 aliphatic rings. The van der Waals surface area contributed by atoms with Gasteiger partial charge in [0.25, 0.3) is 0 Å². The van der Waals surface area contributed by atoms with Crippen LogP contribution in [-0.2, 0) is 4.74 Å². The summed E-state index contributed by atoms with van der Waals surface area (Å²) in [6, 6.07) is 3.71. The molecule has 0 saturated heterocycles. The summed E-state index contributed by atoms with van der Waals surface area (Å²) in [5, 5.41) is 21.1. The molecule has 0 aromatic heterocycles. The zero-order valence-corrected chi connectivity index (χ0v) is 16.0. The van der Waals surface area contributed by atoms with E-state index in [4.69, 9.17) is 10.1 Å². The normalized spacial score (nSPS) is 14.9. The first-order chi connectivity index (χ1) is 11.9. The van der Waals surface area contributed by atoms with Crippen molar-refractivity contribution in [3.63, 3.8) is 0 Å². The summed E-state index contributed by atoms with van der Waals surface area (Å²) in [4.78, 5) is 14.2. The zero-order valence-electron chi connectivity index (χ0n) is 15.2. The predicted molar refractivity (Wildman–Crippen MR) is 102 cm³/mol. The summed E-state index contributed by atoms with van der Waals surface area (Å²) in [7, 11) is 3.22. The minimum atomic E-state index is -0.296. The summed E-state index contributed by atoms with van der Waals surface area (Å²) >= 11 is 1.66. The van der Waals surface area contributed by atoms with Gasteiger partial charge in [-0.15, -0.1) is 11.8 Å². The number of aliphatic hydroxyl groups excluding tert-OH is 1. The van der Waals surface area contributed by atoms with E-state index in [-0.39, 0.29) is 28.9 Å². The number of Topliss-reactive ketones (excluding diaryl/α,β-unsaturated/α-hetero) is 1. The van der Waals surface area contributed by atoms with Crippen LogP contribution in [0.25, 0.3) is 0 Å². The Morgan fingerprint density at radius 2 is 2.08 bits per heavy atom. The number of benzene rings is 1. The van der Waals surface area contributed by atoms with Crippen LogP contribution in [-0.4, -0.2) is 43.1 Å². The molecule has 2 rings (SSSR count). The molecule has 0 aliphatic heterocycles. The number of rotatable bonds is 9. The summed E-state index contributed by atoms with van der Waals surface area (Å²) in [6.45, 7) is 4.58. The van der Waals surface area contributed by atoms with Gasteiger partial charge in [-0.1, -0.05) is 12.1 Å². The van der Waals surface area contributed by atoms with Crippen LogP contribution in [0.15, 0.2) is 28.5 Å². The Kier molecular flexibility index (Phi) is 6.67. The summed E-state index contributed by atoms with van der Waals surface area (Å²) in [6.07, 6.45) is 1.80. The van der Waals surface area contributed by atoms with Gasteiger partial charge in [0.05, 0.1) is 12.3 Å². The van der Waals surface area contributed by atoms with Crippen molar-refractivity contribution in [2.24, 2.45) is 5.92 Å². The maximum Gasteiger partial charge on any atom is 0.200 e. The second-order valence-corrected chi connectivity index (χ2v) is 7.32. The van der Waals surface area contributed by atoms with E-state index in [0.717, 1.165) is 34.6 Å². The maximum absolute atomic E-state index is 13.1. The standard InChI is InChI=1S/C19H26N2O3S/c1-11-5-8-14(12(2)18(11)25-10-9-24-4)17(22)15(19(23)21-3)16(20)13-6-7-13/h5,8,13,20-21,23H,6-7,9-10H2,1-4H3/b19-15-,20-16?. The average Bonchev–Trinajstić information content (AvgIpc) is 3.42. The number of aliphatic hydroxyl groups is 1. The predicted octanol–water partition coefficient (Wildman–Crippen LogP) is 3.64. The molecule has 5 nitrogen and oxygen atoms in total. The zero-order chi connectivity index (χ0) is 18.6. The number of thioether (sulfide) groups is 1. The van der Waals surface area contributed by atoms with Gasteiger partial charge in [0.15, 0.2) is 5.88 Å². The number of hydrogen-bond donors (Lipinski definition) is 3. The largest absolute Gasteiger partial charge is 0.494 e. The van der Waals surface area contributed by atoms with Crippen molar-refractivity contribution < 1.29 is 14.6 Å². The van der Waals surface area contributed by atoms with Gasteiger partial charge in [0.2, 0.25) is 5.78 Å². The van der Waals surface area contributed by atoms with Crippen LogP contribution < -0.4 is 5.32 Å². The van der Waals surface area contributed by atoms with E-state index in [1.807, 2.05) is 19.9 Å². The van der Waals surface area contributed by atoms with E-state index in [0.29, 0.717) is 12.2 Å². The molecule has 0 radical (unpaired) electrons. The van der Waals surface area contributed by atoms with Crippen molar-refractivity contribution in [2.45, 2.75) is 31.6 Å². The van der Waals surface area contributed by atoms with Crippen molar-refractivity contribution >= 4 is 23.3 Å². The van der Waals surface area contributed by atoms with E-state index in [1.54, 1.807) is 32.0 Å². The van der Waals surface area contributed by atoms with Crippen LogP contribution in [0.1, 0.15) is 34.3 Å². The fourth-order valence-corrected chi connectivity index (χ4v) is 3.79. The Labute approximate surface area is 153 Å². The lowest BCUT2D eigenvalue weighted by Crippen LogP contribution is -2.22. The molecule has 3 N–H and O–H groups in total. The molecule has 0 unspecified atom stereocenters. The van der Waals surface area contributed by atoms with E-state index in [1.165, 1.54) is 0 Å². The summed E-state index contributed by atoms with van der Waals surface area (Å²) < 4.78 is 5.11. The molecule has 6 heteroatoms. The van der Waals surface area contributed by atoms with Gasteiger partial charge in [0, 0.05) is 36.3 Å². The molecule has 25 heavy (non-hydrogen) atoms. The first-order valence-corrected chi connectivity index (χ1v) is 9.37. The monoisotopic (exact) mass is 362 g/mol. The Hall–Kier alpha value is -1.79. The second-order valence-electron chi connectivity index (χ2n) is 6.22. The Morgan fingerprint density at radius 3 is 2.64 bits per heavy atom. The third-order valence-corrected chi connectivity index (χ3v) is 5.62. The number of carbonyl (C=O) groups excluding carboxylic acids is 1. The number of ether oxygens (including phenoxy) is 1. The average molecular weight is 362 g/mol. The molecule has 1 fully saturated rings. The molecule has 1 saturated carbocycles. The molecule has 0 heterocycles. The van der Waals surface area contributed by atoms with E-state index < -0.39 is 0 Å². The van der Waals surface area contributed by atoms with Gasteiger partial charge < -0.3 is 20.6 Å². The van der Waals surface area contributed by atoms with Crippen molar-refractivity contribution in [2.75, 3.05) is 26.5 Å². The van der Waals surface area contributed by atoms with Gasteiger partial charge >= 0.3 is 0 Å². The molecule has 1 aromatic carbocycles. The molecule has 0 spiro atoms. The second kappa shape index (κ2) is 8.54. The quantitative estimate of drug-likeness (QED) is 0.156. The van der Waals surface area contributed by atoms with Crippen molar-refractivity contribution in [3.8, 4) is 0 Å². The van der Waals surface area contributed by atoms with Crippen LogP contribution in [0.4, 0.5) is 0 Å². The Bertz CT molecular complexity index is 709. The first-order valence-electron chi connectivity index (χ1n) is 8.38. The number of aryl methyl sites for hydroxylation is 1. The molecule has 0 atom stereocenters. The van der Waals surface area contributed by atoms with Gasteiger partial charge in [-0.05, 0) is 37.8 Å². The number of nitrogens with one attached hydrogen (secondary N) is 2. The van der Waals surface area contributed by atoms with Crippen molar-refractivity contribution in [3.05, 3.63) is 40.3 Å². The Morgan fingerprint density at radius 1 is 1.40 bits per heavy atom. The molecule has 0 amide bonds. The van der Waals surface area contributed by atoms with Crippen LogP contribution in [0.2, 0.25) is 0 Å². The van der Waals surface area contributed by atoms with E-state index in [9.17, 15) is 9.90 Å². The number of hydrogen-bond acceptors (Lipinski definition) is 6. The Balaban J connectivity index is 2.40. The first kappa shape index (κ1) is 19.5. The van der Waals surface area contributed by atoms with Crippen LogP contribution >= 0.6 is 11.8 Å². The third-order valence-electron chi connectivity index (χ3n) is 4.34. The lowest BCUT2D eigenvalue weighted by molar-refractivity contribution is 0.103. The van der Waals surface area contributed by atoms with Gasteiger partial charge in [-0.2, -0.15) is 0 Å². The molecular formula is C19H26N2O3S. The maximum atomic E-state index is 13.1. The molecule has 1 aromatic rings. The summed E-state index contributed by atoms with van der Waals surface area (Å²) in [5.74, 6) is 0.360. The minimum absolute atomic E-state index is 0.0794. The van der Waals surface area contributed by atoms with Gasteiger partial charge in [0.1, 0.15) is 5.57 Å². The van der Waals surface area contributed by atoms with Crippen LogP contribution in [0.5, 0.6) is 0 Å². The highest BCUT2D eigenvalue weighted by molar-refractivity contribution is 7.99. The fraction of sp³-hybridized carbons (Fsp3) is 0.474. The lowest BCUT2D eigenvalue weighted by atomic mass is 9.93. The van der Waals surface area contributed by atoms with Gasteiger partial charge in [-0.25, -0.2) is 0 Å². The number of methoxy groups -OCH3 is 1. The SMILES string of the molecule is CN/C(O)=C(\C(=N)C1CC1)C(=O)c1ccc(C)c(SCCOC)c1C. The number of allylic oxidation sites excluding steroid dienone is 1. The van der Waals surface area contributed by atoms with Gasteiger partial charge in [-0.3, -0.25) is 4.79 Å². The number of carbonyl (C=O) groups is 1. The van der Waals surface area contributed by atoms with Crippen molar-refractivity contribution in [1.29, 1.82) is 5.41 Å². The highest BCUT2D eigenvalue weighted by Crippen LogP contribution is 2.35. The fourth-order valence-electron chi connectivity index (χ4n) is 2.72. The van der Waals surface area contributed by atoms with Crippen LogP contribution in [0.3, 0.4) is 0 Å². The van der Waals surface area contributed by atoms with Crippen molar-refractivity contribution in [1.82, 2.24) is 5.32 Å². The van der Waals surface area contributed by atoms with Crippen LogP contribution in [0, 0.1) is 25.2 Å². The molecule has 136 valence electrons. The number of ketones is 1.